The Bertz CT molecular complexity index is 289. The molecule has 0 bridgehead atoms. The van der Waals surface area contributed by atoms with Gasteiger partial charge >= 0.3 is 5.97 Å². The lowest BCUT2D eigenvalue weighted by Crippen LogP contribution is -2.23. The summed E-state index contributed by atoms with van der Waals surface area (Å²) in [6, 6.07) is 6.60. The first-order valence-electron chi connectivity index (χ1n) is 4.40. The minimum absolute atomic E-state index is 0.0598. The summed E-state index contributed by atoms with van der Waals surface area (Å²) in [5.41, 5.74) is 1.07. The highest BCUT2D eigenvalue weighted by atomic mass is 16.7. The van der Waals surface area contributed by atoms with Gasteiger partial charge in [0, 0.05) is 11.6 Å². The second kappa shape index (κ2) is 4.06. The lowest BCUT2D eigenvalue weighted by atomic mass is 10.1. The van der Waals surface area contributed by atoms with Crippen LogP contribution in [-0.2, 0) is 5.97 Å². The van der Waals surface area contributed by atoms with Crippen LogP contribution >= 0.6 is 0 Å². The second-order valence-electron chi connectivity index (χ2n) is 3.27. The van der Waals surface area contributed by atoms with Gasteiger partial charge in [-0.15, -0.1) is 0 Å². The van der Waals surface area contributed by atoms with Crippen LogP contribution in [0.3, 0.4) is 0 Å². The van der Waals surface area contributed by atoms with Crippen LogP contribution in [0.5, 0.6) is 0 Å². The van der Waals surface area contributed by atoms with E-state index in [-0.39, 0.29) is 11.6 Å². The Morgan fingerprint density at radius 1 is 1.14 bits per heavy atom. The first-order valence-corrected chi connectivity index (χ1v) is 4.40. The molecule has 0 heterocycles. The monoisotopic (exact) mass is 197 g/mol. The second-order valence-corrected chi connectivity index (χ2v) is 3.27. The molecule has 0 radical (unpaired) electrons. The van der Waals surface area contributed by atoms with Gasteiger partial charge < -0.3 is 20.6 Å². The summed E-state index contributed by atoms with van der Waals surface area (Å²) in [6.45, 7) is 1.99. The summed E-state index contributed by atoms with van der Waals surface area (Å²) in [5, 5.41) is 29.7. The zero-order valence-electron chi connectivity index (χ0n) is 8.23. The number of nitrogens with one attached hydrogen (secondary N) is 1. The van der Waals surface area contributed by atoms with Crippen molar-refractivity contribution in [3.05, 3.63) is 35.4 Å². The van der Waals surface area contributed by atoms with Gasteiger partial charge in [-0.1, -0.05) is 24.3 Å². The Hall–Kier alpha value is -0.940. The largest absolute Gasteiger partial charge is 0.340 e. The molecular formula is C10H15NO3. The molecule has 0 aliphatic heterocycles. The third kappa shape index (κ3) is 2.52. The Morgan fingerprint density at radius 3 is 2.00 bits per heavy atom. The van der Waals surface area contributed by atoms with Gasteiger partial charge in [0.05, 0.1) is 0 Å². The smallest absolute Gasteiger partial charge is 0.304 e. The van der Waals surface area contributed by atoms with Gasteiger partial charge in [-0.05, 0) is 19.5 Å². The molecule has 0 aliphatic rings. The summed E-state index contributed by atoms with van der Waals surface area (Å²) in [7, 11) is 1.84. The first-order chi connectivity index (χ1) is 6.45. The summed E-state index contributed by atoms with van der Waals surface area (Å²) < 4.78 is 0. The minimum Gasteiger partial charge on any atom is -0.340 e. The predicted octanol–water partition coefficient (Wildman–Crippen LogP) is 0.0542. The highest BCUT2D eigenvalue weighted by molar-refractivity contribution is 5.26. The van der Waals surface area contributed by atoms with E-state index >= 15 is 0 Å². The van der Waals surface area contributed by atoms with Crippen molar-refractivity contribution in [1.29, 1.82) is 0 Å². The fraction of sp³-hybridized carbons (Fsp3) is 0.400. The molecule has 1 unspecified atom stereocenters. The Labute approximate surface area is 82.8 Å². The summed E-state index contributed by atoms with van der Waals surface area (Å²) in [6.07, 6.45) is 0. The van der Waals surface area contributed by atoms with Gasteiger partial charge in [0.2, 0.25) is 0 Å². The standard InChI is InChI=1S/C10H15NO3/c1-7(11-2)8-3-5-9(6-4-8)10(12,13)14/h3-7,11-14H,1-2H3. The molecule has 0 spiro atoms. The molecule has 0 aromatic heterocycles. The molecule has 4 heteroatoms. The van der Waals surface area contributed by atoms with Gasteiger partial charge in [-0.3, -0.25) is 0 Å². The fourth-order valence-electron chi connectivity index (χ4n) is 1.16. The Kier molecular flexibility index (Phi) is 3.23. The van der Waals surface area contributed by atoms with Gasteiger partial charge in [0.1, 0.15) is 0 Å². The van der Waals surface area contributed by atoms with Crippen molar-refractivity contribution in [2.24, 2.45) is 0 Å². The molecule has 1 aromatic rings. The van der Waals surface area contributed by atoms with Crippen LogP contribution in [0.1, 0.15) is 24.1 Å². The van der Waals surface area contributed by atoms with E-state index in [1.807, 2.05) is 14.0 Å². The number of hydrogen-bond donors (Lipinski definition) is 4. The summed E-state index contributed by atoms with van der Waals surface area (Å²) in [5.74, 6) is -2.75. The quantitative estimate of drug-likeness (QED) is 0.517. The van der Waals surface area contributed by atoms with E-state index in [4.69, 9.17) is 15.3 Å². The average Bonchev–Trinajstić information content (AvgIpc) is 2.15. The van der Waals surface area contributed by atoms with Gasteiger partial charge in [-0.2, -0.15) is 0 Å². The molecule has 4 nitrogen and oxygen atoms in total. The van der Waals surface area contributed by atoms with Gasteiger partial charge in [0.15, 0.2) is 0 Å². The van der Waals surface area contributed by atoms with Gasteiger partial charge in [0.25, 0.3) is 0 Å². The zero-order valence-corrected chi connectivity index (χ0v) is 8.23. The zero-order chi connectivity index (χ0) is 10.8. The molecule has 78 valence electrons. The van der Waals surface area contributed by atoms with Crippen LogP contribution in [0.15, 0.2) is 24.3 Å². The third-order valence-electron chi connectivity index (χ3n) is 2.23. The normalized spacial score (nSPS) is 14.1. The lowest BCUT2D eigenvalue weighted by Gasteiger charge is -2.16. The van der Waals surface area contributed by atoms with Crippen LogP contribution in [0, 0.1) is 0 Å². The van der Waals surface area contributed by atoms with Crippen LogP contribution in [0.25, 0.3) is 0 Å². The molecule has 1 rings (SSSR count). The SMILES string of the molecule is CNC(C)c1ccc(C(O)(O)O)cc1. The molecule has 1 aromatic carbocycles. The maximum atomic E-state index is 8.87. The van der Waals surface area contributed by atoms with E-state index in [9.17, 15) is 0 Å². The minimum atomic E-state index is -2.75. The van der Waals surface area contributed by atoms with Crippen LogP contribution in [0.4, 0.5) is 0 Å². The molecule has 0 saturated carbocycles. The molecular weight excluding hydrogens is 182 g/mol. The van der Waals surface area contributed by atoms with E-state index in [1.165, 1.54) is 12.1 Å². The van der Waals surface area contributed by atoms with Crippen molar-refractivity contribution in [3.63, 3.8) is 0 Å². The highest BCUT2D eigenvalue weighted by Gasteiger charge is 2.21. The van der Waals surface area contributed by atoms with Gasteiger partial charge in [-0.25, -0.2) is 0 Å². The molecule has 0 fully saturated rings. The van der Waals surface area contributed by atoms with Crippen molar-refractivity contribution in [2.45, 2.75) is 18.9 Å². The molecule has 1 atom stereocenters. The van der Waals surface area contributed by atoms with E-state index in [2.05, 4.69) is 5.32 Å². The average molecular weight is 197 g/mol. The van der Waals surface area contributed by atoms with Crippen molar-refractivity contribution < 1.29 is 15.3 Å². The van der Waals surface area contributed by atoms with Crippen molar-refractivity contribution in [2.75, 3.05) is 7.05 Å². The maximum Gasteiger partial charge on any atom is 0.304 e. The van der Waals surface area contributed by atoms with Crippen LogP contribution in [-0.4, -0.2) is 22.4 Å². The van der Waals surface area contributed by atoms with E-state index in [0.29, 0.717) is 0 Å². The van der Waals surface area contributed by atoms with E-state index in [0.717, 1.165) is 5.56 Å². The molecule has 0 amide bonds. The van der Waals surface area contributed by atoms with Crippen molar-refractivity contribution in [1.82, 2.24) is 5.32 Å². The molecule has 0 saturated heterocycles. The summed E-state index contributed by atoms with van der Waals surface area (Å²) >= 11 is 0. The van der Waals surface area contributed by atoms with Crippen molar-refractivity contribution in [3.8, 4) is 0 Å². The lowest BCUT2D eigenvalue weighted by molar-refractivity contribution is -0.323. The van der Waals surface area contributed by atoms with Crippen LogP contribution < -0.4 is 5.32 Å². The first kappa shape index (κ1) is 11.1. The van der Waals surface area contributed by atoms with Crippen molar-refractivity contribution >= 4 is 0 Å². The molecule has 4 N–H and O–H groups in total. The maximum absolute atomic E-state index is 8.87. The number of aliphatic hydroxyl groups is 3. The number of hydrogen-bond acceptors (Lipinski definition) is 4. The molecule has 14 heavy (non-hydrogen) atoms. The Morgan fingerprint density at radius 2 is 1.64 bits per heavy atom. The predicted molar refractivity (Wildman–Crippen MR) is 52.3 cm³/mol. The Balaban J connectivity index is 2.89. The number of benzene rings is 1. The highest BCUT2D eigenvalue weighted by Crippen LogP contribution is 2.18. The topological polar surface area (TPSA) is 72.7 Å². The third-order valence-corrected chi connectivity index (χ3v) is 2.23. The summed E-state index contributed by atoms with van der Waals surface area (Å²) in [4.78, 5) is 0. The fourth-order valence-corrected chi connectivity index (χ4v) is 1.16. The molecule has 0 aliphatic carbocycles. The van der Waals surface area contributed by atoms with Crippen LogP contribution in [0.2, 0.25) is 0 Å². The van der Waals surface area contributed by atoms with E-state index in [1.54, 1.807) is 12.1 Å². The van der Waals surface area contributed by atoms with E-state index < -0.39 is 5.97 Å². The number of rotatable bonds is 3.